The van der Waals surface area contributed by atoms with Crippen molar-refractivity contribution in [3.8, 4) is 5.75 Å². The number of hydrogen-bond donors (Lipinski definition) is 2. The first-order chi connectivity index (χ1) is 15.5. The fraction of sp³-hybridized carbons (Fsp3) is 0.125. The van der Waals surface area contributed by atoms with Crippen molar-refractivity contribution in [1.82, 2.24) is 0 Å². The van der Waals surface area contributed by atoms with Gasteiger partial charge >= 0.3 is 0 Å². The highest BCUT2D eigenvalue weighted by molar-refractivity contribution is 8.00. The highest BCUT2D eigenvalue weighted by Crippen LogP contribution is 2.34. The molecule has 6 nitrogen and oxygen atoms in total. The molecule has 1 saturated heterocycles. The second kappa shape index (κ2) is 9.84. The molecule has 8 heteroatoms. The van der Waals surface area contributed by atoms with Crippen molar-refractivity contribution < 1.29 is 14.3 Å². The molecule has 1 heterocycles. The van der Waals surface area contributed by atoms with Gasteiger partial charge in [-0.05, 0) is 72.9 Å². The first-order valence-electron chi connectivity index (χ1n) is 9.94. The van der Waals surface area contributed by atoms with Crippen LogP contribution in [-0.2, 0) is 9.59 Å². The lowest BCUT2D eigenvalue weighted by atomic mass is 10.3. The second-order valence-electron chi connectivity index (χ2n) is 7.05. The molecule has 1 aliphatic heterocycles. The van der Waals surface area contributed by atoms with Crippen LogP contribution in [0.4, 0.5) is 17.1 Å². The third kappa shape index (κ3) is 5.09. The van der Waals surface area contributed by atoms with E-state index in [0.29, 0.717) is 16.5 Å². The minimum Gasteiger partial charge on any atom is -0.497 e. The summed E-state index contributed by atoms with van der Waals surface area (Å²) in [6, 6.07) is 24.2. The Kier molecular flexibility index (Phi) is 6.72. The van der Waals surface area contributed by atoms with Gasteiger partial charge in [0.1, 0.15) is 5.75 Å². The Morgan fingerprint density at radius 1 is 0.938 bits per heavy atom. The molecule has 2 amide bonds. The van der Waals surface area contributed by atoms with Crippen molar-refractivity contribution in [2.24, 2.45) is 0 Å². The number of thioether (sulfide) groups is 1. The number of benzene rings is 3. The lowest BCUT2D eigenvalue weighted by Gasteiger charge is -2.15. The number of hydrogen-bond acceptors (Lipinski definition) is 5. The molecule has 162 valence electrons. The van der Waals surface area contributed by atoms with Gasteiger partial charge in [0, 0.05) is 22.7 Å². The van der Waals surface area contributed by atoms with Crippen LogP contribution in [0.3, 0.4) is 0 Å². The summed E-state index contributed by atoms with van der Waals surface area (Å²) in [5.41, 5.74) is 2.29. The Labute approximate surface area is 196 Å². The maximum atomic E-state index is 12.9. The maximum absolute atomic E-state index is 12.9. The Hall–Kier alpha value is -3.36. The number of imide groups is 1. The fourth-order valence-corrected chi connectivity index (χ4v) is 4.58. The van der Waals surface area contributed by atoms with Crippen LogP contribution in [0.2, 0.25) is 0 Å². The number of nitrogens with zero attached hydrogens (tertiary/aromatic N) is 1. The molecule has 0 saturated carbocycles. The van der Waals surface area contributed by atoms with Crippen LogP contribution in [-0.4, -0.2) is 29.3 Å². The molecule has 32 heavy (non-hydrogen) atoms. The van der Waals surface area contributed by atoms with Gasteiger partial charge < -0.3 is 15.4 Å². The lowest BCUT2D eigenvalue weighted by Crippen LogP contribution is -2.31. The highest BCUT2D eigenvalue weighted by atomic mass is 32.2. The number of thiocarbonyl (C=S) groups is 1. The highest BCUT2D eigenvalue weighted by Gasteiger charge is 2.40. The molecule has 1 aliphatic rings. The van der Waals surface area contributed by atoms with Crippen LogP contribution in [0.1, 0.15) is 6.42 Å². The Balaban J connectivity index is 1.36. The van der Waals surface area contributed by atoms with Gasteiger partial charge in [-0.1, -0.05) is 18.2 Å². The van der Waals surface area contributed by atoms with Crippen LogP contribution in [0, 0.1) is 0 Å². The van der Waals surface area contributed by atoms with Gasteiger partial charge in [-0.15, -0.1) is 11.8 Å². The van der Waals surface area contributed by atoms with E-state index in [1.54, 1.807) is 31.4 Å². The zero-order chi connectivity index (χ0) is 22.5. The SMILES string of the molecule is COc1ccc(N2C(=O)CC(Sc3ccc(NC(=S)Nc4ccccc4)cc3)C2=O)cc1. The molecular formula is C24H21N3O3S2. The lowest BCUT2D eigenvalue weighted by molar-refractivity contribution is -0.121. The number of carbonyl (C=O) groups is 2. The molecule has 1 fully saturated rings. The molecule has 0 bridgehead atoms. The van der Waals surface area contributed by atoms with Crippen LogP contribution >= 0.6 is 24.0 Å². The topological polar surface area (TPSA) is 70.7 Å². The van der Waals surface area contributed by atoms with Crippen LogP contribution in [0.15, 0.2) is 83.8 Å². The number of carbonyl (C=O) groups excluding carboxylic acids is 2. The summed E-state index contributed by atoms with van der Waals surface area (Å²) in [5, 5.41) is 6.29. The zero-order valence-corrected chi connectivity index (χ0v) is 18.9. The van der Waals surface area contributed by atoms with Crippen LogP contribution < -0.4 is 20.3 Å². The second-order valence-corrected chi connectivity index (χ2v) is 8.73. The number of para-hydroxylation sites is 1. The summed E-state index contributed by atoms with van der Waals surface area (Å²) in [6.07, 6.45) is 0.167. The van der Waals surface area contributed by atoms with E-state index >= 15 is 0 Å². The van der Waals surface area contributed by atoms with E-state index in [9.17, 15) is 9.59 Å². The predicted molar refractivity (Wildman–Crippen MR) is 132 cm³/mol. The zero-order valence-electron chi connectivity index (χ0n) is 17.3. The standard InChI is InChI=1S/C24H21N3O3S2/c1-30-19-11-9-18(10-12-19)27-22(28)15-21(23(27)29)32-20-13-7-17(8-14-20)26-24(31)25-16-5-3-2-4-6-16/h2-14,21H,15H2,1H3,(H2,25,26,31). The molecule has 3 aromatic rings. The summed E-state index contributed by atoms with van der Waals surface area (Å²) >= 11 is 6.73. The van der Waals surface area contributed by atoms with E-state index in [1.807, 2.05) is 54.6 Å². The van der Waals surface area contributed by atoms with Gasteiger partial charge in [0.05, 0.1) is 18.0 Å². The smallest absolute Gasteiger partial charge is 0.247 e. The van der Waals surface area contributed by atoms with Crippen LogP contribution in [0.5, 0.6) is 5.75 Å². The van der Waals surface area contributed by atoms with Gasteiger partial charge in [0.15, 0.2) is 5.11 Å². The van der Waals surface area contributed by atoms with Crippen molar-refractivity contribution >= 4 is 58.0 Å². The van der Waals surface area contributed by atoms with Crippen molar-refractivity contribution in [1.29, 1.82) is 0 Å². The van der Waals surface area contributed by atoms with Crippen LogP contribution in [0.25, 0.3) is 0 Å². The molecule has 1 unspecified atom stereocenters. The minimum absolute atomic E-state index is 0.167. The van der Waals surface area contributed by atoms with Gasteiger partial charge in [-0.3, -0.25) is 9.59 Å². The summed E-state index contributed by atoms with van der Waals surface area (Å²) in [5.74, 6) is 0.264. The van der Waals surface area contributed by atoms with E-state index in [0.717, 1.165) is 16.3 Å². The molecule has 0 aromatic heterocycles. The summed E-state index contributed by atoms with van der Waals surface area (Å²) in [4.78, 5) is 27.5. The molecule has 0 aliphatic carbocycles. The quantitative estimate of drug-likeness (QED) is 0.397. The summed E-state index contributed by atoms with van der Waals surface area (Å²) in [7, 11) is 1.57. The van der Waals surface area contributed by atoms with E-state index in [1.165, 1.54) is 16.7 Å². The molecule has 0 spiro atoms. The maximum Gasteiger partial charge on any atom is 0.247 e. The van der Waals surface area contributed by atoms with E-state index in [4.69, 9.17) is 17.0 Å². The fourth-order valence-electron chi connectivity index (χ4n) is 3.29. The predicted octanol–water partition coefficient (Wildman–Crippen LogP) is 4.93. The summed E-state index contributed by atoms with van der Waals surface area (Å²) < 4.78 is 5.14. The Bertz CT molecular complexity index is 1120. The van der Waals surface area contributed by atoms with E-state index < -0.39 is 5.25 Å². The number of nitrogens with one attached hydrogen (secondary N) is 2. The third-order valence-electron chi connectivity index (χ3n) is 4.86. The third-order valence-corrected chi connectivity index (χ3v) is 6.26. The molecule has 3 aromatic carbocycles. The van der Waals surface area contributed by atoms with Gasteiger partial charge in [-0.2, -0.15) is 0 Å². The van der Waals surface area contributed by atoms with Gasteiger partial charge in [0.2, 0.25) is 11.8 Å². The monoisotopic (exact) mass is 463 g/mol. The van der Waals surface area contributed by atoms with Gasteiger partial charge in [-0.25, -0.2) is 4.90 Å². The first-order valence-corrected chi connectivity index (χ1v) is 11.2. The Morgan fingerprint density at radius 3 is 2.19 bits per heavy atom. The number of ether oxygens (including phenoxy) is 1. The molecule has 1 atom stereocenters. The first kappa shape index (κ1) is 21.9. The summed E-state index contributed by atoms with van der Waals surface area (Å²) in [6.45, 7) is 0. The molecular weight excluding hydrogens is 442 g/mol. The molecule has 2 N–H and O–H groups in total. The van der Waals surface area contributed by atoms with Gasteiger partial charge in [0.25, 0.3) is 0 Å². The van der Waals surface area contributed by atoms with E-state index in [2.05, 4.69) is 10.6 Å². The van der Waals surface area contributed by atoms with Crippen molar-refractivity contribution in [3.63, 3.8) is 0 Å². The number of rotatable bonds is 6. The Morgan fingerprint density at radius 2 is 1.56 bits per heavy atom. The van der Waals surface area contributed by atoms with E-state index in [-0.39, 0.29) is 18.2 Å². The van der Waals surface area contributed by atoms with Crippen molar-refractivity contribution in [2.75, 3.05) is 22.6 Å². The van der Waals surface area contributed by atoms with Crippen molar-refractivity contribution in [2.45, 2.75) is 16.6 Å². The number of amides is 2. The number of anilines is 3. The normalized spacial score (nSPS) is 15.5. The average molecular weight is 464 g/mol. The average Bonchev–Trinajstić information content (AvgIpc) is 3.08. The van der Waals surface area contributed by atoms with Crippen molar-refractivity contribution in [3.05, 3.63) is 78.9 Å². The minimum atomic E-state index is -0.454. The molecule has 4 rings (SSSR count). The number of methoxy groups -OCH3 is 1. The molecule has 0 radical (unpaired) electrons. The largest absolute Gasteiger partial charge is 0.497 e.